The van der Waals surface area contributed by atoms with E-state index in [-0.39, 0.29) is 41.4 Å². The lowest BCUT2D eigenvalue weighted by Gasteiger charge is -2.28. The van der Waals surface area contributed by atoms with E-state index in [0.29, 0.717) is 5.69 Å². The SMILES string of the molecule is Cc1cc(NC(=O)COC(=O)[C@H](C(C)C)N2C(=O)[C@H]3[C@H]4CC[C@@H](C4)[C@@H]3C2=O)c(C)cc1Br. The van der Waals surface area contributed by atoms with E-state index in [1.165, 1.54) is 0 Å². The van der Waals surface area contributed by atoms with Gasteiger partial charge in [-0.15, -0.1) is 0 Å². The molecule has 5 atom stereocenters. The third kappa shape index (κ3) is 3.87. The van der Waals surface area contributed by atoms with E-state index in [1.54, 1.807) is 13.8 Å². The number of fused-ring (bicyclic) bond motifs is 5. The number of nitrogens with zero attached hydrogens (tertiary/aromatic N) is 1. The van der Waals surface area contributed by atoms with Gasteiger partial charge in [-0.1, -0.05) is 29.8 Å². The van der Waals surface area contributed by atoms with E-state index in [4.69, 9.17) is 4.74 Å². The van der Waals surface area contributed by atoms with Gasteiger partial charge >= 0.3 is 5.97 Å². The lowest BCUT2D eigenvalue weighted by atomic mass is 9.81. The Morgan fingerprint density at radius 2 is 1.69 bits per heavy atom. The number of esters is 1. The van der Waals surface area contributed by atoms with E-state index in [2.05, 4.69) is 21.2 Å². The standard InChI is InChI=1S/C24H29BrN2O5/c1-11(2)21(27-22(29)19-14-5-6-15(9-14)20(19)23(27)30)24(31)32-10-18(28)26-17-8-12(3)16(25)7-13(17)4/h7-8,11,14-15,19-21H,5-6,9-10H2,1-4H3,(H,26,28)/t14-,15-,19-,20-,21-/m0/s1. The zero-order chi connectivity index (χ0) is 23.3. The molecule has 4 rings (SSSR count). The summed E-state index contributed by atoms with van der Waals surface area (Å²) in [6, 6.07) is 2.73. The number of halogens is 1. The number of likely N-dealkylation sites (tertiary alicyclic amines) is 1. The van der Waals surface area contributed by atoms with Gasteiger partial charge in [0.15, 0.2) is 6.61 Å². The van der Waals surface area contributed by atoms with Crippen molar-refractivity contribution in [2.75, 3.05) is 11.9 Å². The average Bonchev–Trinajstić information content (AvgIpc) is 3.40. The first-order valence-electron chi connectivity index (χ1n) is 11.2. The monoisotopic (exact) mass is 504 g/mol. The summed E-state index contributed by atoms with van der Waals surface area (Å²) in [6.07, 6.45) is 2.89. The lowest BCUT2D eigenvalue weighted by molar-refractivity contribution is -0.162. The molecule has 2 aliphatic carbocycles. The lowest BCUT2D eigenvalue weighted by Crippen LogP contribution is -2.50. The molecule has 7 nitrogen and oxygen atoms in total. The van der Waals surface area contributed by atoms with Crippen LogP contribution < -0.4 is 5.32 Å². The largest absolute Gasteiger partial charge is 0.454 e. The topological polar surface area (TPSA) is 92.8 Å². The molecule has 172 valence electrons. The Bertz CT molecular complexity index is 963. The van der Waals surface area contributed by atoms with Crippen molar-refractivity contribution in [1.29, 1.82) is 0 Å². The average molecular weight is 505 g/mol. The number of amides is 3. The molecule has 1 aromatic rings. The maximum Gasteiger partial charge on any atom is 0.330 e. The predicted octanol–water partition coefficient (Wildman–Crippen LogP) is 3.60. The van der Waals surface area contributed by atoms with Gasteiger partial charge in [-0.25, -0.2) is 4.79 Å². The first-order chi connectivity index (χ1) is 15.1. The molecule has 3 amide bonds. The van der Waals surface area contributed by atoms with Crippen molar-refractivity contribution in [3.63, 3.8) is 0 Å². The summed E-state index contributed by atoms with van der Waals surface area (Å²) in [4.78, 5) is 52.7. The Hall–Kier alpha value is -2.22. The second kappa shape index (κ2) is 8.61. The van der Waals surface area contributed by atoms with E-state index in [0.717, 1.165) is 39.8 Å². The van der Waals surface area contributed by atoms with Crippen molar-refractivity contribution in [3.05, 3.63) is 27.7 Å². The summed E-state index contributed by atoms with van der Waals surface area (Å²) in [5.74, 6) is -2.07. The molecule has 0 radical (unpaired) electrons. The smallest absolute Gasteiger partial charge is 0.330 e. The minimum absolute atomic E-state index is 0.242. The highest BCUT2D eigenvalue weighted by Gasteiger charge is 2.62. The van der Waals surface area contributed by atoms with Gasteiger partial charge in [-0.3, -0.25) is 19.3 Å². The summed E-state index contributed by atoms with van der Waals surface area (Å²) >= 11 is 3.45. The quantitative estimate of drug-likeness (QED) is 0.471. The third-order valence-electron chi connectivity index (χ3n) is 7.24. The van der Waals surface area contributed by atoms with Crippen LogP contribution in [0, 0.1) is 43.4 Å². The molecule has 1 aromatic carbocycles. The number of hydrogen-bond donors (Lipinski definition) is 1. The van der Waals surface area contributed by atoms with Crippen LogP contribution in [0.1, 0.15) is 44.2 Å². The third-order valence-corrected chi connectivity index (χ3v) is 8.09. The Morgan fingerprint density at radius 3 is 2.25 bits per heavy atom. The van der Waals surface area contributed by atoms with Crippen molar-refractivity contribution in [1.82, 2.24) is 4.90 Å². The molecular formula is C24H29BrN2O5. The summed E-state index contributed by atoms with van der Waals surface area (Å²) in [6.45, 7) is 6.87. The highest BCUT2D eigenvalue weighted by atomic mass is 79.9. The summed E-state index contributed by atoms with van der Waals surface area (Å²) in [5, 5.41) is 2.76. The molecule has 3 fully saturated rings. The Kier molecular flexibility index (Phi) is 6.18. The van der Waals surface area contributed by atoms with Gasteiger partial charge < -0.3 is 10.1 Å². The molecule has 2 saturated carbocycles. The highest BCUT2D eigenvalue weighted by molar-refractivity contribution is 9.10. The number of rotatable bonds is 6. The number of benzene rings is 1. The Balaban J connectivity index is 1.42. The number of nitrogens with one attached hydrogen (secondary N) is 1. The molecule has 1 N–H and O–H groups in total. The molecule has 3 aliphatic rings. The molecule has 0 aromatic heterocycles. The number of carbonyl (C=O) groups excluding carboxylic acids is 4. The number of aryl methyl sites for hydroxylation is 2. The fraction of sp³-hybridized carbons (Fsp3) is 0.583. The van der Waals surface area contributed by atoms with E-state index >= 15 is 0 Å². The number of anilines is 1. The minimum Gasteiger partial charge on any atom is -0.454 e. The van der Waals surface area contributed by atoms with Gasteiger partial charge in [-0.2, -0.15) is 0 Å². The second-order valence-corrected chi connectivity index (χ2v) is 10.5. The van der Waals surface area contributed by atoms with Crippen molar-refractivity contribution in [2.45, 2.75) is 53.0 Å². The second-order valence-electron chi connectivity index (χ2n) is 9.69. The van der Waals surface area contributed by atoms with Crippen molar-refractivity contribution in [3.8, 4) is 0 Å². The van der Waals surface area contributed by atoms with E-state index < -0.39 is 24.5 Å². The predicted molar refractivity (Wildman–Crippen MR) is 121 cm³/mol. The van der Waals surface area contributed by atoms with E-state index in [1.807, 2.05) is 26.0 Å². The Morgan fingerprint density at radius 1 is 1.09 bits per heavy atom. The van der Waals surface area contributed by atoms with E-state index in [9.17, 15) is 19.2 Å². The first kappa shape index (κ1) is 23.0. The maximum absolute atomic E-state index is 13.1. The van der Waals surface area contributed by atoms with Gasteiger partial charge in [0, 0.05) is 10.2 Å². The molecule has 8 heteroatoms. The molecule has 1 aliphatic heterocycles. The molecule has 0 spiro atoms. The van der Waals surface area contributed by atoms with Crippen molar-refractivity contribution < 1.29 is 23.9 Å². The minimum atomic E-state index is -1.01. The van der Waals surface area contributed by atoms with Gasteiger partial charge in [0.2, 0.25) is 11.8 Å². The normalized spacial score (nSPS) is 27.1. The molecule has 1 saturated heterocycles. The van der Waals surface area contributed by atoms with Crippen molar-refractivity contribution in [2.24, 2.45) is 29.6 Å². The fourth-order valence-corrected chi connectivity index (χ4v) is 6.16. The van der Waals surface area contributed by atoms with Crippen LogP contribution in [0.25, 0.3) is 0 Å². The number of carbonyl (C=O) groups is 4. The van der Waals surface area contributed by atoms with Crippen LogP contribution in [0.2, 0.25) is 0 Å². The first-order valence-corrected chi connectivity index (χ1v) is 12.0. The Labute approximate surface area is 196 Å². The molecule has 2 bridgehead atoms. The zero-order valence-corrected chi connectivity index (χ0v) is 20.4. The maximum atomic E-state index is 13.1. The van der Waals surface area contributed by atoms with Crippen LogP contribution in [0.3, 0.4) is 0 Å². The number of hydrogen-bond acceptors (Lipinski definition) is 5. The molecule has 0 unspecified atom stereocenters. The van der Waals surface area contributed by atoms with Gasteiger partial charge in [0.05, 0.1) is 11.8 Å². The van der Waals surface area contributed by atoms with Gasteiger partial charge in [0.25, 0.3) is 5.91 Å². The van der Waals surface area contributed by atoms with Crippen LogP contribution in [-0.4, -0.2) is 41.2 Å². The number of ether oxygens (including phenoxy) is 1. The summed E-state index contributed by atoms with van der Waals surface area (Å²) in [7, 11) is 0. The van der Waals surface area contributed by atoms with Crippen molar-refractivity contribution >= 4 is 45.3 Å². The number of imide groups is 1. The summed E-state index contributed by atoms with van der Waals surface area (Å²) < 4.78 is 6.23. The van der Waals surface area contributed by atoms with Gasteiger partial charge in [-0.05, 0) is 74.1 Å². The van der Waals surface area contributed by atoms with Crippen LogP contribution in [-0.2, 0) is 23.9 Å². The van der Waals surface area contributed by atoms with Crippen LogP contribution in [0.5, 0.6) is 0 Å². The van der Waals surface area contributed by atoms with Gasteiger partial charge in [0.1, 0.15) is 6.04 Å². The molecular weight excluding hydrogens is 476 g/mol. The highest BCUT2D eigenvalue weighted by Crippen LogP contribution is 2.56. The zero-order valence-electron chi connectivity index (χ0n) is 18.8. The molecule has 32 heavy (non-hydrogen) atoms. The van der Waals surface area contributed by atoms with Crippen LogP contribution >= 0.6 is 15.9 Å². The summed E-state index contributed by atoms with van der Waals surface area (Å²) in [5.41, 5.74) is 2.48. The molecule has 1 heterocycles. The van der Waals surface area contributed by atoms with Crippen LogP contribution in [0.15, 0.2) is 16.6 Å². The fourth-order valence-electron chi connectivity index (χ4n) is 5.71. The van der Waals surface area contributed by atoms with Crippen LogP contribution in [0.4, 0.5) is 5.69 Å².